The van der Waals surface area contributed by atoms with E-state index in [1.807, 2.05) is 16.8 Å². The van der Waals surface area contributed by atoms with Crippen LogP contribution in [0.3, 0.4) is 0 Å². The van der Waals surface area contributed by atoms with E-state index in [-0.39, 0.29) is 5.91 Å². The van der Waals surface area contributed by atoms with Gasteiger partial charge in [0, 0.05) is 30.8 Å². The van der Waals surface area contributed by atoms with Crippen molar-refractivity contribution < 1.29 is 9.53 Å². The van der Waals surface area contributed by atoms with Crippen molar-refractivity contribution in [2.75, 3.05) is 20.3 Å². The van der Waals surface area contributed by atoms with E-state index in [2.05, 4.69) is 0 Å². The van der Waals surface area contributed by atoms with E-state index in [0.717, 1.165) is 5.56 Å². The normalized spacial score (nSPS) is 10.5. The molecule has 20 heavy (non-hydrogen) atoms. The quantitative estimate of drug-likeness (QED) is 0.814. The standard InChI is InChI=1S/C15H16ClNO2S/c1-19-7-6-17(10-12-5-8-20-11-12)15(18)13-3-2-4-14(16)9-13/h2-5,8-9,11H,6-7,10H2,1H3. The molecule has 2 rings (SSSR count). The monoisotopic (exact) mass is 309 g/mol. The van der Waals surface area contributed by atoms with Crippen LogP contribution < -0.4 is 0 Å². The summed E-state index contributed by atoms with van der Waals surface area (Å²) < 4.78 is 5.08. The Morgan fingerprint density at radius 3 is 2.90 bits per heavy atom. The first-order valence-electron chi connectivity index (χ1n) is 6.25. The van der Waals surface area contributed by atoms with Gasteiger partial charge in [0.05, 0.1) is 6.61 Å². The molecule has 0 saturated heterocycles. The van der Waals surface area contributed by atoms with Gasteiger partial charge in [0.1, 0.15) is 0 Å². The van der Waals surface area contributed by atoms with Crippen LogP contribution in [0.2, 0.25) is 5.02 Å². The predicted molar refractivity (Wildman–Crippen MR) is 82.4 cm³/mol. The third kappa shape index (κ3) is 4.07. The lowest BCUT2D eigenvalue weighted by molar-refractivity contribution is 0.0680. The second-order valence-corrected chi connectivity index (χ2v) is 5.58. The lowest BCUT2D eigenvalue weighted by Gasteiger charge is -2.22. The highest BCUT2D eigenvalue weighted by Gasteiger charge is 2.16. The van der Waals surface area contributed by atoms with Crippen molar-refractivity contribution in [3.63, 3.8) is 0 Å². The molecule has 1 heterocycles. The molecule has 0 aliphatic rings. The first-order chi connectivity index (χ1) is 9.70. The molecular formula is C15H16ClNO2S. The van der Waals surface area contributed by atoms with E-state index in [4.69, 9.17) is 16.3 Å². The molecule has 0 atom stereocenters. The number of hydrogen-bond donors (Lipinski definition) is 0. The van der Waals surface area contributed by atoms with Gasteiger partial charge in [-0.2, -0.15) is 11.3 Å². The van der Waals surface area contributed by atoms with E-state index in [1.54, 1.807) is 47.6 Å². The number of ether oxygens (including phenoxy) is 1. The summed E-state index contributed by atoms with van der Waals surface area (Å²) in [5.41, 5.74) is 1.73. The van der Waals surface area contributed by atoms with Gasteiger partial charge in [-0.3, -0.25) is 4.79 Å². The van der Waals surface area contributed by atoms with E-state index in [9.17, 15) is 4.79 Å². The van der Waals surface area contributed by atoms with Gasteiger partial charge in [0.25, 0.3) is 5.91 Å². The van der Waals surface area contributed by atoms with Crippen molar-refractivity contribution in [2.45, 2.75) is 6.54 Å². The molecule has 5 heteroatoms. The molecule has 2 aromatic rings. The molecule has 1 aromatic carbocycles. The summed E-state index contributed by atoms with van der Waals surface area (Å²) in [5.74, 6) is -0.0317. The van der Waals surface area contributed by atoms with Gasteiger partial charge in [-0.05, 0) is 40.6 Å². The summed E-state index contributed by atoms with van der Waals surface area (Å²) >= 11 is 7.57. The van der Waals surface area contributed by atoms with Crippen LogP contribution in [0.5, 0.6) is 0 Å². The highest BCUT2D eigenvalue weighted by Crippen LogP contribution is 2.15. The Balaban J connectivity index is 2.14. The van der Waals surface area contributed by atoms with Crippen LogP contribution in [0.4, 0.5) is 0 Å². The highest BCUT2D eigenvalue weighted by molar-refractivity contribution is 7.07. The minimum absolute atomic E-state index is 0.0317. The molecule has 0 bridgehead atoms. The minimum atomic E-state index is -0.0317. The lowest BCUT2D eigenvalue weighted by atomic mass is 10.2. The minimum Gasteiger partial charge on any atom is -0.383 e. The van der Waals surface area contributed by atoms with Gasteiger partial charge >= 0.3 is 0 Å². The molecule has 3 nitrogen and oxygen atoms in total. The van der Waals surface area contributed by atoms with Gasteiger partial charge in [-0.25, -0.2) is 0 Å². The summed E-state index contributed by atoms with van der Waals surface area (Å²) in [6, 6.07) is 9.04. The number of halogens is 1. The van der Waals surface area contributed by atoms with Crippen molar-refractivity contribution in [1.29, 1.82) is 0 Å². The molecule has 106 valence electrons. The predicted octanol–water partition coefficient (Wildman–Crippen LogP) is 3.69. The second kappa shape index (κ2) is 7.43. The number of amides is 1. The summed E-state index contributed by atoms with van der Waals surface area (Å²) in [4.78, 5) is 14.3. The summed E-state index contributed by atoms with van der Waals surface area (Å²) in [6.45, 7) is 1.65. The zero-order valence-electron chi connectivity index (χ0n) is 11.2. The van der Waals surface area contributed by atoms with Crippen molar-refractivity contribution in [3.8, 4) is 0 Å². The maximum absolute atomic E-state index is 12.5. The second-order valence-electron chi connectivity index (χ2n) is 4.36. The third-order valence-electron chi connectivity index (χ3n) is 2.88. The summed E-state index contributed by atoms with van der Waals surface area (Å²) in [5, 5.41) is 4.62. The molecular weight excluding hydrogens is 294 g/mol. The SMILES string of the molecule is COCCN(Cc1ccsc1)C(=O)c1cccc(Cl)c1. The molecule has 1 amide bonds. The summed E-state index contributed by atoms with van der Waals surface area (Å²) in [6.07, 6.45) is 0. The van der Waals surface area contributed by atoms with Crippen LogP contribution in [0.25, 0.3) is 0 Å². The molecule has 0 aliphatic carbocycles. The van der Waals surface area contributed by atoms with E-state index in [0.29, 0.717) is 30.3 Å². The molecule has 0 saturated carbocycles. The fraction of sp³-hybridized carbons (Fsp3) is 0.267. The third-order valence-corrected chi connectivity index (χ3v) is 3.84. The van der Waals surface area contributed by atoms with Crippen LogP contribution in [-0.2, 0) is 11.3 Å². The number of rotatable bonds is 6. The molecule has 0 radical (unpaired) electrons. The van der Waals surface area contributed by atoms with Crippen LogP contribution in [0.15, 0.2) is 41.1 Å². The van der Waals surface area contributed by atoms with Gasteiger partial charge < -0.3 is 9.64 Å². The molecule has 0 fully saturated rings. The first kappa shape index (κ1) is 15.0. The van der Waals surface area contributed by atoms with Crippen molar-refractivity contribution in [2.24, 2.45) is 0 Å². The Morgan fingerprint density at radius 1 is 1.40 bits per heavy atom. The molecule has 0 N–H and O–H groups in total. The average molecular weight is 310 g/mol. The zero-order valence-corrected chi connectivity index (χ0v) is 12.8. The van der Waals surface area contributed by atoms with E-state index >= 15 is 0 Å². The maximum atomic E-state index is 12.5. The van der Waals surface area contributed by atoms with E-state index < -0.39 is 0 Å². The molecule has 0 spiro atoms. The van der Waals surface area contributed by atoms with Gasteiger partial charge in [0.2, 0.25) is 0 Å². The van der Waals surface area contributed by atoms with Gasteiger partial charge in [-0.15, -0.1) is 0 Å². The van der Waals surface area contributed by atoms with E-state index in [1.165, 1.54) is 0 Å². The highest BCUT2D eigenvalue weighted by atomic mass is 35.5. The first-order valence-corrected chi connectivity index (χ1v) is 7.57. The smallest absolute Gasteiger partial charge is 0.254 e. The average Bonchev–Trinajstić information content (AvgIpc) is 2.95. The number of methoxy groups -OCH3 is 1. The number of carbonyl (C=O) groups excluding carboxylic acids is 1. The Hall–Kier alpha value is -1.36. The largest absolute Gasteiger partial charge is 0.383 e. The number of thiophene rings is 1. The topological polar surface area (TPSA) is 29.5 Å². The number of benzene rings is 1. The van der Waals surface area contributed by atoms with Crippen LogP contribution in [0.1, 0.15) is 15.9 Å². The number of hydrogen-bond acceptors (Lipinski definition) is 3. The fourth-order valence-electron chi connectivity index (χ4n) is 1.86. The van der Waals surface area contributed by atoms with Crippen molar-refractivity contribution in [1.82, 2.24) is 4.90 Å². The Kier molecular flexibility index (Phi) is 5.59. The molecule has 0 aliphatic heterocycles. The number of nitrogens with zero attached hydrogens (tertiary/aromatic N) is 1. The summed E-state index contributed by atoms with van der Waals surface area (Å²) in [7, 11) is 1.63. The van der Waals surface area contributed by atoms with Crippen LogP contribution in [0, 0.1) is 0 Å². The maximum Gasteiger partial charge on any atom is 0.254 e. The van der Waals surface area contributed by atoms with Crippen molar-refractivity contribution in [3.05, 3.63) is 57.2 Å². The Labute approximate surface area is 127 Å². The van der Waals surface area contributed by atoms with Gasteiger partial charge in [-0.1, -0.05) is 17.7 Å². The van der Waals surface area contributed by atoms with Crippen molar-refractivity contribution >= 4 is 28.8 Å². The Bertz CT molecular complexity index is 557. The molecule has 1 aromatic heterocycles. The van der Waals surface area contributed by atoms with Gasteiger partial charge in [0.15, 0.2) is 0 Å². The molecule has 0 unspecified atom stereocenters. The lowest BCUT2D eigenvalue weighted by Crippen LogP contribution is -2.33. The van der Waals surface area contributed by atoms with Crippen LogP contribution >= 0.6 is 22.9 Å². The zero-order chi connectivity index (χ0) is 14.4. The Morgan fingerprint density at radius 2 is 2.25 bits per heavy atom. The fourth-order valence-corrected chi connectivity index (χ4v) is 2.71. The number of carbonyl (C=O) groups is 1. The van der Waals surface area contributed by atoms with Crippen LogP contribution in [-0.4, -0.2) is 31.1 Å².